The fraction of sp³-hybridized carbons (Fsp3) is 0.379. The van der Waals surface area contributed by atoms with Gasteiger partial charge in [-0.3, -0.25) is 14.4 Å². The van der Waals surface area contributed by atoms with Crippen LogP contribution in [0.15, 0.2) is 48.0 Å². The molecule has 0 aliphatic carbocycles. The number of aromatic nitrogens is 1. The van der Waals surface area contributed by atoms with Gasteiger partial charge in [-0.05, 0) is 41.7 Å². The van der Waals surface area contributed by atoms with E-state index in [1.165, 1.54) is 17.0 Å². The van der Waals surface area contributed by atoms with Crippen LogP contribution in [0, 0.1) is 12.3 Å². The van der Waals surface area contributed by atoms with E-state index in [0.29, 0.717) is 0 Å². The van der Waals surface area contributed by atoms with E-state index in [1.54, 1.807) is 37.6 Å². The summed E-state index contributed by atoms with van der Waals surface area (Å²) < 4.78 is 0. The molecule has 0 saturated carbocycles. The number of carbonyl (C=O) groups excluding carboxylic acids is 3. The first kappa shape index (κ1) is 29.0. The van der Waals surface area contributed by atoms with Crippen LogP contribution in [-0.2, 0) is 16.1 Å². The Balaban J connectivity index is 1.45. The number of aryl methyl sites for hydroxylation is 1. The Morgan fingerprint density at radius 2 is 1.80 bits per heavy atom. The third kappa shape index (κ3) is 6.43. The van der Waals surface area contributed by atoms with Crippen molar-refractivity contribution in [2.45, 2.75) is 58.8 Å². The quantitative estimate of drug-likeness (QED) is 0.276. The molecule has 212 valence electrons. The summed E-state index contributed by atoms with van der Waals surface area (Å²) in [6.45, 7) is 7.51. The van der Waals surface area contributed by atoms with E-state index < -0.39 is 47.1 Å². The zero-order valence-electron chi connectivity index (χ0n) is 22.8. The minimum Gasteiger partial charge on any atom is -0.504 e. The molecule has 3 atom stereocenters. The number of hydrogen-bond donors (Lipinski definition) is 5. The number of phenolic OH excluding ortho intramolecular Hbond substituents is 2. The van der Waals surface area contributed by atoms with Crippen LogP contribution in [0.5, 0.6) is 11.5 Å². The van der Waals surface area contributed by atoms with Crippen molar-refractivity contribution in [1.82, 2.24) is 20.5 Å². The van der Waals surface area contributed by atoms with Crippen LogP contribution in [0.1, 0.15) is 48.8 Å². The first-order valence-electron chi connectivity index (χ1n) is 12.9. The normalized spacial score (nSPS) is 17.9. The van der Waals surface area contributed by atoms with Crippen LogP contribution < -0.4 is 10.6 Å². The molecule has 1 aliphatic rings. The van der Waals surface area contributed by atoms with Gasteiger partial charge in [0.25, 0.3) is 5.91 Å². The molecule has 5 N–H and O–H groups in total. The highest BCUT2D eigenvalue weighted by atomic mass is 32.1. The summed E-state index contributed by atoms with van der Waals surface area (Å²) in [6.07, 6.45) is -0.801. The monoisotopic (exact) mass is 566 g/mol. The summed E-state index contributed by atoms with van der Waals surface area (Å²) in [5, 5.41) is 35.3. The first-order chi connectivity index (χ1) is 18.8. The van der Waals surface area contributed by atoms with E-state index in [9.17, 15) is 29.7 Å². The summed E-state index contributed by atoms with van der Waals surface area (Å²) >= 11 is 1.56. The number of nitrogens with zero attached hydrogens (tertiary/aromatic N) is 2. The highest BCUT2D eigenvalue weighted by Crippen LogP contribution is 2.29. The van der Waals surface area contributed by atoms with Crippen LogP contribution in [0.4, 0.5) is 0 Å². The molecular formula is C29H34N4O6S. The molecule has 3 amide bonds. The Bertz CT molecular complexity index is 1400. The number of aliphatic hydroxyl groups excluding tert-OH is 1. The maximum atomic E-state index is 13.7. The lowest BCUT2D eigenvalue weighted by molar-refractivity contribution is -0.142. The average molecular weight is 567 g/mol. The van der Waals surface area contributed by atoms with Gasteiger partial charge in [0.05, 0.1) is 22.2 Å². The third-order valence-corrected chi connectivity index (χ3v) is 7.90. The van der Waals surface area contributed by atoms with Crippen molar-refractivity contribution in [3.8, 4) is 21.9 Å². The largest absolute Gasteiger partial charge is 0.504 e. The van der Waals surface area contributed by atoms with Gasteiger partial charge in [0.1, 0.15) is 12.1 Å². The molecule has 1 fully saturated rings. The number of rotatable bonds is 7. The molecule has 0 unspecified atom stereocenters. The van der Waals surface area contributed by atoms with Gasteiger partial charge in [-0.1, -0.05) is 45.0 Å². The van der Waals surface area contributed by atoms with Gasteiger partial charge in [0, 0.05) is 25.1 Å². The minimum absolute atomic E-state index is 0.0394. The predicted molar refractivity (Wildman–Crippen MR) is 151 cm³/mol. The van der Waals surface area contributed by atoms with Crippen molar-refractivity contribution < 1.29 is 29.7 Å². The number of hydrogen-bond acceptors (Lipinski definition) is 8. The molecule has 1 saturated heterocycles. The third-order valence-electron chi connectivity index (χ3n) is 6.92. The summed E-state index contributed by atoms with van der Waals surface area (Å²) in [5.41, 5.74) is 4.01. The van der Waals surface area contributed by atoms with Crippen LogP contribution in [0.3, 0.4) is 0 Å². The molecule has 1 aromatic heterocycles. The van der Waals surface area contributed by atoms with Gasteiger partial charge in [-0.25, -0.2) is 4.98 Å². The number of β-amino-alcohol motifs (C(OH)–C–C–N with tert-alkyl or cyclic N) is 1. The van der Waals surface area contributed by atoms with E-state index in [-0.39, 0.29) is 30.8 Å². The lowest BCUT2D eigenvalue weighted by atomic mass is 9.85. The van der Waals surface area contributed by atoms with Gasteiger partial charge >= 0.3 is 0 Å². The standard InChI is InChI=1S/C29H34N4O6S/c1-16-24(40-15-31-16)18-7-5-17(6-8-18)13-30-27(38)21-12-20(34)14-33(21)28(39)25(29(2,3)4)32-26(37)19-9-10-22(35)23(36)11-19/h5-11,15,20-21,25,34-36H,12-14H2,1-4H3,(H,30,38)(H,32,37)/t20-,21+,25-/m1/s1. The predicted octanol–water partition coefficient (Wildman–Crippen LogP) is 2.95. The molecule has 3 aromatic rings. The fourth-order valence-corrected chi connectivity index (χ4v) is 5.47. The van der Waals surface area contributed by atoms with Crippen molar-refractivity contribution in [2.75, 3.05) is 6.54 Å². The molecule has 2 heterocycles. The van der Waals surface area contributed by atoms with Crippen LogP contribution in [-0.4, -0.2) is 67.7 Å². The van der Waals surface area contributed by atoms with Gasteiger partial charge in [0.2, 0.25) is 11.8 Å². The number of nitrogens with one attached hydrogen (secondary N) is 2. The van der Waals surface area contributed by atoms with Crippen molar-refractivity contribution in [3.05, 3.63) is 64.8 Å². The number of thiazole rings is 1. The Labute approximate surface area is 236 Å². The highest BCUT2D eigenvalue weighted by Gasteiger charge is 2.44. The first-order valence-corrected chi connectivity index (χ1v) is 13.8. The second-order valence-corrected chi connectivity index (χ2v) is 11.9. The number of amides is 3. The fourth-order valence-electron chi connectivity index (χ4n) is 4.66. The van der Waals surface area contributed by atoms with Gasteiger partial charge in [0.15, 0.2) is 11.5 Å². The van der Waals surface area contributed by atoms with E-state index in [0.717, 1.165) is 27.8 Å². The Morgan fingerprint density at radius 1 is 1.10 bits per heavy atom. The molecule has 2 aromatic carbocycles. The highest BCUT2D eigenvalue weighted by molar-refractivity contribution is 7.13. The maximum absolute atomic E-state index is 13.7. The van der Waals surface area contributed by atoms with Crippen LogP contribution in [0.2, 0.25) is 0 Å². The molecule has 4 rings (SSSR count). The number of carbonyl (C=O) groups is 3. The minimum atomic E-state index is -1.03. The summed E-state index contributed by atoms with van der Waals surface area (Å²) in [6, 6.07) is 9.49. The SMILES string of the molecule is Cc1ncsc1-c1ccc(CNC(=O)[C@@H]2C[C@@H](O)CN2C(=O)[C@@H](NC(=O)c2ccc(O)c(O)c2)C(C)(C)C)cc1. The average Bonchev–Trinajstić information content (AvgIpc) is 3.52. The molecule has 40 heavy (non-hydrogen) atoms. The maximum Gasteiger partial charge on any atom is 0.252 e. The van der Waals surface area contributed by atoms with Gasteiger partial charge < -0.3 is 30.9 Å². The van der Waals surface area contributed by atoms with E-state index in [1.807, 2.05) is 31.2 Å². The van der Waals surface area contributed by atoms with Gasteiger partial charge in [-0.15, -0.1) is 11.3 Å². The Kier molecular flexibility index (Phi) is 8.45. The number of likely N-dealkylation sites (tertiary alicyclic amines) is 1. The molecule has 11 heteroatoms. The number of aromatic hydroxyl groups is 2. The summed E-state index contributed by atoms with van der Waals surface area (Å²) in [7, 11) is 0. The molecule has 0 bridgehead atoms. The molecule has 1 aliphatic heterocycles. The van der Waals surface area contributed by atoms with E-state index >= 15 is 0 Å². The molecular weight excluding hydrogens is 532 g/mol. The summed E-state index contributed by atoms with van der Waals surface area (Å²) in [4.78, 5) is 46.5. The zero-order chi connectivity index (χ0) is 29.2. The van der Waals surface area contributed by atoms with Gasteiger partial charge in [-0.2, -0.15) is 0 Å². The van der Waals surface area contributed by atoms with Crippen molar-refractivity contribution in [3.63, 3.8) is 0 Å². The second-order valence-electron chi connectivity index (χ2n) is 11.1. The second kappa shape index (κ2) is 11.6. The van der Waals surface area contributed by atoms with Crippen molar-refractivity contribution in [2.24, 2.45) is 5.41 Å². The van der Waals surface area contributed by atoms with Crippen LogP contribution >= 0.6 is 11.3 Å². The van der Waals surface area contributed by atoms with E-state index in [4.69, 9.17) is 0 Å². The number of phenols is 2. The van der Waals surface area contributed by atoms with Crippen LogP contribution in [0.25, 0.3) is 10.4 Å². The van der Waals surface area contributed by atoms with Crippen molar-refractivity contribution >= 4 is 29.1 Å². The molecule has 10 nitrogen and oxygen atoms in total. The molecule has 0 radical (unpaired) electrons. The lowest BCUT2D eigenvalue weighted by Gasteiger charge is -2.35. The summed E-state index contributed by atoms with van der Waals surface area (Å²) in [5.74, 6) is -2.34. The van der Waals surface area contributed by atoms with E-state index in [2.05, 4.69) is 15.6 Å². The smallest absolute Gasteiger partial charge is 0.252 e. The number of benzene rings is 2. The Morgan fingerprint density at radius 3 is 2.40 bits per heavy atom. The molecule has 0 spiro atoms. The topological polar surface area (TPSA) is 152 Å². The van der Waals surface area contributed by atoms with Crippen molar-refractivity contribution in [1.29, 1.82) is 0 Å². The lowest BCUT2D eigenvalue weighted by Crippen LogP contribution is -2.57. The Hall–Kier alpha value is -3.96. The number of aliphatic hydroxyl groups is 1. The zero-order valence-corrected chi connectivity index (χ0v) is 23.7.